The molecule has 0 bridgehead atoms. The maximum atomic E-state index is 11.7. The lowest BCUT2D eigenvalue weighted by molar-refractivity contribution is -0.402. The highest BCUT2D eigenvalue weighted by Gasteiger charge is 2.10. The fourth-order valence-corrected chi connectivity index (χ4v) is 1.48. The number of nitrogens with one attached hydrogen (secondary N) is 2. The molecule has 10 nitrogen and oxygen atoms in total. The molecule has 0 saturated heterocycles. The molecule has 2 rings (SSSR count). The molecule has 2 heterocycles. The van der Waals surface area contributed by atoms with Gasteiger partial charge < -0.3 is 9.73 Å². The first-order valence-corrected chi connectivity index (χ1v) is 6.30. The lowest BCUT2D eigenvalue weighted by atomic mass is 10.3. The minimum atomic E-state index is -0.691. The van der Waals surface area contributed by atoms with Crippen molar-refractivity contribution >= 4 is 23.9 Å². The summed E-state index contributed by atoms with van der Waals surface area (Å²) in [6, 6.07) is 5.65. The van der Waals surface area contributed by atoms with E-state index in [0.29, 0.717) is 5.56 Å². The zero-order valence-electron chi connectivity index (χ0n) is 11.6. The van der Waals surface area contributed by atoms with Crippen LogP contribution >= 0.6 is 0 Å². The van der Waals surface area contributed by atoms with E-state index in [4.69, 9.17) is 4.42 Å². The van der Waals surface area contributed by atoms with Crippen molar-refractivity contribution in [1.82, 2.24) is 15.7 Å². The Hall–Kier alpha value is -3.56. The fourth-order valence-electron chi connectivity index (χ4n) is 1.48. The molecule has 2 aromatic heterocycles. The summed E-state index contributed by atoms with van der Waals surface area (Å²) in [6.45, 7) is -0.288. The van der Waals surface area contributed by atoms with Crippen LogP contribution in [0.5, 0.6) is 0 Å². The molecular weight excluding hydrogens is 306 g/mol. The molecule has 0 saturated carbocycles. The molecule has 0 unspecified atom stereocenters. The predicted octanol–water partition coefficient (Wildman–Crippen LogP) is 0.463. The maximum Gasteiger partial charge on any atom is 0.433 e. The van der Waals surface area contributed by atoms with E-state index in [1.165, 1.54) is 18.5 Å². The van der Waals surface area contributed by atoms with Gasteiger partial charge in [0.2, 0.25) is 0 Å². The van der Waals surface area contributed by atoms with Gasteiger partial charge in [-0.2, -0.15) is 5.10 Å². The van der Waals surface area contributed by atoms with Crippen molar-refractivity contribution < 1.29 is 18.9 Å². The summed E-state index contributed by atoms with van der Waals surface area (Å²) < 4.78 is 4.81. The second-order valence-electron chi connectivity index (χ2n) is 4.15. The molecule has 0 aliphatic heterocycles. The number of hydrogen-bond donors (Lipinski definition) is 2. The SMILES string of the molecule is O=C(CNC(=O)c1cccnc1)N/N=C\c1ccc([N+](=O)[O-])o1. The molecule has 118 valence electrons. The van der Waals surface area contributed by atoms with Gasteiger partial charge in [-0.15, -0.1) is 0 Å². The van der Waals surface area contributed by atoms with Crippen molar-refractivity contribution in [3.8, 4) is 0 Å². The van der Waals surface area contributed by atoms with Crippen molar-refractivity contribution in [1.29, 1.82) is 0 Å². The molecule has 0 aliphatic rings. The highest BCUT2D eigenvalue weighted by Crippen LogP contribution is 2.13. The monoisotopic (exact) mass is 317 g/mol. The number of nitro groups is 1. The van der Waals surface area contributed by atoms with Crippen LogP contribution in [0.15, 0.2) is 46.2 Å². The van der Waals surface area contributed by atoms with Crippen LogP contribution in [-0.4, -0.2) is 34.5 Å². The Morgan fingerprint density at radius 3 is 2.87 bits per heavy atom. The third kappa shape index (κ3) is 4.74. The number of nitrogens with zero attached hydrogens (tertiary/aromatic N) is 3. The van der Waals surface area contributed by atoms with Crippen molar-refractivity contribution in [2.75, 3.05) is 6.54 Å². The number of rotatable bonds is 6. The molecule has 0 fully saturated rings. The van der Waals surface area contributed by atoms with Gasteiger partial charge in [-0.1, -0.05) is 0 Å². The summed E-state index contributed by atoms with van der Waals surface area (Å²) in [4.78, 5) is 36.7. The van der Waals surface area contributed by atoms with E-state index in [1.807, 2.05) is 0 Å². The van der Waals surface area contributed by atoms with Crippen molar-refractivity contribution in [3.63, 3.8) is 0 Å². The Balaban J connectivity index is 1.77. The van der Waals surface area contributed by atoms with Gasteiger partial charge in [0, 0.05) is 12.4 Å². The van der Waals surface area contributed by atoms with Gasteiger partial charge in [0.05, 0.1) is 24.4 Å². The standard InChI is InChI=1S/C13H11N5O5/c19-11(8-15-13(20)9-2-1-5-14-6-9)17-16-7-10-3-4-12(23-10)18(21)22/h1-7H,8H2,(H,15,20)(H,17,19)/b16-7-. The van der Waals surface area contributed by atoms with Gasteiger partial charge in [0.1, 0.15) is 4.92 Å². The van der Waals surface area contributed by atoms with Crippen molar-refractivity contribution in [3.05, 3.63) is 58.1 Å². The summed E-state index contributed by atoms with van der Waals surface area (Å²) in [7, 11) is 0. The summed E-state index contributed by atoms with van der Waals surface area (Å²) >= 11 is 0. The van der Waals surface area contributed by atoms with Crippen LogP contribution in [0.2, 0.25) is 0 Å². The highest BCUT2D eigenvalue weighted by molar-refractivity contribution is 5.96. The average Bonchev–Trinajstić information content (AvgIpc) is 3.02. The van der Waals surface area contributed by atoms with Gasteiger partial charge in [-0.25, -0.2) is 5.43 Å². The Morgan fingerprint density at radius 1 is 1.39 bits per heavy atom. The van der Waals surface area contributed by atoms with Gasteiger partial charge in [-0.3, -0.25) is 24.7 Å². The number of carbonyl (C=O) groups excluding carboxylic acids is 2. The van der Waals surface area contributed by atoms with Gasteiger partial charge in [0.15, 0.2) is 5.76 Å². The molecule has 2 N–H and O–H groups in total. The first-order chi connectivity index (χ1) is 11.1. The maximum absolute atomic E-state index is 11.7. The van der Waals surface area contributed by atoms with Gasteiger partial charge in [-0.05, 0) is 18.2 Å². The van der Waals surface area contributed by atoms with E-state index >= 15 is 0 Å². The molecule has 2 aromatic rings. The minimum absolute atomic E-state index is 0.108. The number of carbonyl (C=O) groups is 2. The molecule has 0 aromatic carbocycles. The number of hydrazone groups is 1. The van der Waals surface area contributed by atoms with Gasteiger partial charge in [0.25, 0.3) is 11.8 Å². The highest BCUT2D eigenvalue weighted by atomic mass is 16.6. The minimum Gasteiger partial charge on any atom is -0.400 e. The average molecular weight is 317 g/mol. The Bertz CT molecular complexity index is 740. The predicted molar refractivity (Wildman–Crippen MR) is 77.7 cm³/mol. The van der Waals surface area contributed by atoms with Crippen LogP contribution in [-0.2, 0) is 4.79 Å². The van der Waals surface area contributed by atoms with Crippen LogP contribution in [0.25, 0.3) is 0 Å². The zero-order valence-corrected chi connectivity index (χ0v) is 11.6. The van der Waals surface area contributed by atoms with Crippen molar-refractivity contribution in [2.24, 2.45) is 5.10 Å². The molecule has 0 aliphatic carbocycles. The third-order valence-electron chi connectivity index (χ3n) is 2.51. The van der Waals surface area contributed by atoms with E-state index < -0.39 is 22.6 Å². The summed E-state index contributed by atoms with van der Waals surface area (Å²) in [5.74, 6) is -1.34. The van der Waals surface area contributed by atoms with Crippen LogP contribution in [0.4, 0.5) is 5.88 Å². The molecule has 10 heteroatoms. The third-order valence-corrected chi connectivity index (χ3v) is 2.51. The molecule has 0 spiro atoms. The molecule has 0 radical (unpaired) electrons. The second-order valence-corrected chi connectivity index (χ2v) is 4.15. The number of hydrogen-bond acceptors (Lipinski definition) is 7. The molecule has 2 amide bonds. The zero-order chi connectivity index (χ0) is 16.7. The van der Waals surface area contributed by atoms with E-state index in [2.05, 4.69) is 20.8 Å². The molecule has 23 heavy (non-hydrogen) atoms. The largest absolute Gasteiger partial charge is 0.433 e. The Labute approximate surface area is 129 Å². The molecular formula is C13H11N5O5. The first kappa shape index (κ1) is 15.8. The number of amides is 2. The normalized spacial score (nSPS) is 10.4. The van der Waals surface area contributed by atoms with Gasteiger partial charge >= 0.3 is 5.88 Å². The molecule has 0 atom stereocenters. The lowest BCUT2D eigenvalue weighted by Crippen LogP contribution is -2.34. The van der Waals surface area contributed by atoms with Crippen molar-refractivity contribution in [2.45, 2.75) is 0 Å². The number of aromatic nitrogens is 1. The van der Waals surface area contributed by atoms with Crippen LogP contribution in [0.3, 0.4) is 0 Å². The topological polar surface area (TPSA) is 140 Å². The summed E-state index contributed by atoms with van der Waals surface area (Å²) in [5.41, 5.74) is 2.47. The van der Waals surface area contributed by atoms with E-state index in [9.17, 15) is 19.7 Å². The Morgan fingerprint density at radius 2 is 2.22 bits per heavy atom. The lowest BCUT2D eigenvalue weighted by Gasteiger charge is -2.03. The van der Waals surface area contributed by atoms with Crippen LogP contribution in [0.1, 0.15) is 16.1 Å². The second kappa shape index (κ2) is 7.45. The smallest absolute Gasteiger partial charge is 0.400 e. The Kier molecular flexibility index (Phi) is 5.12. The van der Waals surface area contributed by atoms with Crippen LogP contribution in [0, 0.1) is 10.1 Å². The van der Waals surface area contributed by atoms with E-state index in [1.54, 1.807) is 12.1 Å². The number of pyridine rings is 1. The van der Waals surface area contributed by atoms with E-state index in [-0.39, 0.29) is 12.3 Å². The first-order valence-electron chi connectivity index (χ1n) is 6.30. The quantitative estimate of drug-likeness (QED) is 0.450. The van der Waals surface area contributed by atoms with Crippen LogP contribution < -0.4 is 10.7 Å². The van der Waals surface area contributed by atoms with E-state index in [0.717, 1.165) is 12.3 Å². The summed E-state index contributed by atoms with van der Waals surface area (Å²) in [6.07, 6.45) is 4.00. The number of furan rings is 1. The summed E-state index contributed by atoms with van der Waals surface area (Å²) in [5, 5.41) is 16.4. The fraction of sp³-hybridized carbons (Fsp3) is 0.0769.